The largest absolute Gasteiger partial charge is 0.481 e. The minimum Gasteiger partial charge on any atom is -0.481 e. The molecule has 0 radical (unpaired) electrons. The maximum Gasteiger partial charge on any atom is 0.303 e. The van der Waals surface area contributed by atoms with Crippen molar-refractivity contribution in [2.75, 3.05) is 5.32 Å². The Kier molecular flexibility index (Phi) is 4.84. The van der Waals surface area contributed by atoms with Gasteiger partial charge in [-0.15, -0.1) is 0 Å². The Labute approximate surface area is 124 Å². The van der Waals surface area contributed by atoms with Gasteiger partial charge in [0.25, 0.3) is 0 Å². The first-order chi connectivity index (χ1) is 9.88. The molecule has 1 unspecified atom stereocenters. The normalized spacial score (nSPS) is 16.4. The summed E-state index contributed by atoms with van der Waals surface area (Å²) in [5.74, 6) is -0.861. The first-order valence-electron chi connectivity index (χ1n) is 6.98. The van der Waals surface area contributed by atoms with Gasteiger partial charge in [0.2, 0.25) is 10.0 Å². The van der Waals surface area contributed by atoms with E-state index in [0.717, 1.165) is 12.8 Å². The molecule has 1 saturated carbocycles. The molecule has 2 rings (SSSR count). The van der Waals surface area contributed by atoms with Crippen LogP contribution in [0.25, 0.3) is 0 Å². The molecular weight excluding hydrogens is 292 g/mol. The molecule has 0 bridgehead atoms. The van der Waals surface area contributed by atoms with Crippen LogP contribution in [0, 0.1) is 0 Å². The average Bonchev–Trinajstić information content (AvgIpc) is 3.20. The number of hydrogen-bond donors (Lipinski definition) is 3. The van der Waals surface area contributed by atoms with Gasteiger partial charge in [0.05, 0.1) is 5.69 Å². The van der Waals surface area contributed by atoms with E-state index in [1.807, 2.05) is 6.92 Å². The van der Waals surface area contributed by atoms with Gasteiger partial charge in [-0.2, -0.15) is 0 Å². The topological polar surface area (TPSA) is 95.5 Å². The smallest absolute Gasteiger partial charge is 0.303 e. The first-order valence-corrected chi connectivity index (χ1v) is 8.46. The van der Waals surface area contributed by atoms with Crippen LogP contribution in [0.3, 0.4) is 0 Å². The van der Waals surface area contributed by atoms with Crippen LogP contribution < -0.4 is 10.0 Å². The second-order valence-corrected chi connectivity index (χ2v) is 7.05. The molecule has 6 nitrogen and oxygen atoms in total. The van der Waals surface area contributed by atoms with Gasteiger partial charge in [-0.3, -0.25) is 4.79 Å². The molecule has 0 aromatic heterocycles. The Bertz CT molecular complexity index is 611. The van der Waals surface area contributed by atoms with Gasteiger partial charge in [0.15, 0.2) is 0 Å². The molecule has 116 valence electrons. The third kappa shape index (κ3) is 4.71. The predicted octanol–water partition coefficient (Wildman–Crippen LogP) is 1.79. The number of benzene rings is 1. The van der Waals surface area contributed by atoms with Crippen molar-refractivity contribution in [1.29, 1.82) is 0 Å². The van der Waals surface area contributed by atoms with E-state index < -0.39 is 16.0 Å². The Hall–Kier alpha value is -1.60. The number of rotatable bonds is 8. The highest BCUT2D eigenvalue weighted by atomic mass is 32.2. The summed E-state index contributed by atoms with van der Waals surface area (Å²) in [6.07, 6.45) is 2.23. The average molecular weight is 312 g/mol. The van der Waals surface area contributed by atoms with Crippen molar-refractivity contribution in [2.24, 2.45) is 0 Å². The number of para-hydroxylation sites is 1. The van der Waals surface area contributed by atoms with Crippen LogP contribution >= 0.6 is 0 Å². The lowest BCUT2D eigenvalue weighted by molar-refractivity contribution is -0.137. The number of aliphatic carboxylic acids is 1. The van der Waals surface area contributed by atoms with Gasteiger partial charge < -0.3 is 10.4 Å². The summed E-state index contributed by atoms with van der Waals surface area (Å²) in [7, 11) is -3.53. The van der Waals surface area contributed by atoms with Crippen LogP contribution in [0.1, 0.15) is 32.6 Å². The zero-order chi connectivity index (χ0) is 15.5. The summed E-state index contributed by atoms with van der Waals surface area (Å²) < 4.78 is 27.3. The van der Waals surface area contributed by atoms with Crippen molar-refractivity contribution in [1.82, 2.24) is 4.72 Å². The van der Waals surface area contributed by atoms with Crippen molar-refractivity contribution in [2.45, 2.75) is 49.6 Å². The summed E-state index contributed by atoms with van der Waals surface area (Å²) in [5, 5.41) is 11.8. The van der Waals surface area contributed by atoms with Crippen molar-refractivity contribution in [3.63, 3.8) is 0 Å². The van der Waals surface area contributed by atoms with E-state index in [1.165, 1.54) is 0 Å². The van der Waals surface area contributed by atoms with Gasteiger partial charge >= 0.3 is 5.97 Å². The third-order valence-electron chi connectivity index (χ3n) is 3.27. The van der Waals surface area contributed by atoms with Crippen molar-refractivity contribution in [3.8, 4) is 0 Å². The molecule has 1 aromatic rings. The number of anilines is 1. The maximum atomic E-state index is 12.3. The molecule has 0 saturated heterocycles. The van der Waals surface area contributed by atoms with E-state index in [9.17, 15) is 13.2 Å². The van der Waals surface area contributed by atoms with Crippen LogP contribution in [0.4, 0.5) is 5.69 Å². The van der Waals surface area contributed by atoms with E-state index in [2.05, 4.69) is 10.0 Å². The number of sulfonamides is 1. The first kappa shape index (κ1) is 15.8. The molecule has 1 aliphatic carbocycles. The standard InChI is InChI=1S/C14H20N2O4S/c1-10(6-9-14(17)18)15-12-4-2-3-5-13(12)21(19,20)16-11-7-8-11/h2-5,10-11,15-16H,6-9H2,1H3,(H,17,18). The Balaban J connectivity index is 2.10. The summed E-state index contributed by atoms with van der Waals surface area (Å²) in [4.78, 5) is 10.8. The van der Waals surface area contributed by atoms with Gasteiger partial charge in [-0.25, -0.2) is 13.1 Å². The van der Waals surface area contributed by atoms with Gasteiger partial charge in [-0.05, 0) is 38.3 Å². The minimum absolute atomic E-state index is 0.0450. The van der Waals surface area contributed by atoms with Crippen LogP contribution in [-0.2, 0) is 14.8 Å². The zero-order valence-electron chi connectivity index (χ0n) is 11.9. The number of carboxylic acid groups (broad SMARTS) is 1. The van der Waals surface area contributed by atoms with E-state index in [1.54, 1.807) is 24.3 Å². The van der Waals surface area contributed by atoms with E-state index in [-0.39, 0.29) is 23.4 Å². The van der Waals surface area contributed by atoms with Crippen molar-refractivity contribution < 1.29 is 18.3 Å². The van der Waals surface area contributed by atoms with E-state index >= 15 is 0 Å². The molecule has 7 heteroatoms. The molecule has 0 heterocycles. The molecular formula is C14H20N2O4S. The van der Waals surface area contributed by atoms with Crippen LogP contribution in [0.5, 0.6) is 0 Å². The van der Waals surface area contributed by atoms with Gasteiger partial charge in [0.1, 0.15) is 4.90 Å². The van der Waals surface area contributed by atoms with Gasteiger partial charge in [-0.1, -0.05) is 12.1 Å². The monoisotopic (exact) mass is 312 g/mol. The lowest BCUT2D eigenvalue weighted by atomic mass is 10.1. The van der Waals surface area contributed by atoms with Crippen LogP contribution in [0.2, 0.25) is 0 Å². The summed E-state index contributed by atoms with van der Waals surface area (Å²) >= 11 is 0. The fourth-order valence-electron chi connectivity index (χ4n) is 1.98. The molecule has 1 aromatic carbocycles. The fourth-order valence-corrected chi connectivity index (χ4v) is 3.46. The second kappa shape index (κ2) is 6.44. The fraction of sp³-hybridized carbons (Fsp3) is 0.500. The minimum atomic E-state index is -3.53. The molecule has 3 N–H and O–H groups in total. The van der Waals surface area contributed by atoms with Crippen LogP contribution in [0.15, 0.2) is 29.2 Å². The number of carbonyl (C=O) groups is 1. The molecule has 0 spiro atoms. The summed E-state index contributed by atoms with van der Waals surface area (Å²) in [5.41, 5.74) is 0.503. The molecule has 1 fully saturated rings. The highest BCUT2D eigenvalue weighted by Gasteiger charge is 2.29. The predicted molar refractivity (Wildman–Crippen MR) is 79.7 cm³/mol. The number of nitrogens with one attached hydrogen (secondary N) is 2. The molecule has 1 aliphatic rings. The quantitative estimate of drug-likeness (QED) is 0.680. The SMILES string of the molecule is CC(CCC(=O)O)Nc1ccccc1S(=O)(=O)NC1CC1. The molecule has 0 amide bonds. The highest BCUT2D eigenvalue weighted by Crippen LogP contribution is 2.26. The number of hydrogen-bond acceptors (Lipinski definition) is 4. The third-order valence-corrected chi connectivity index (χ3v) is 4.85. The molecule has 1 atom stereocenters. The van der Waals surface area contributed by atoms with E-state index in [0.29, 0.717) is 12.1 Å². The van der Waals surface area contributed by atoms with Crippen molar-refractivity contribution >= 4 is 21.7 Å². The van der Waals surface area contributed by atoms with E-state index in [4.69, 9.17) is 5.11 Å². The summed E-state index contributed by atoms with van der Waals surface area (Å²) in [6.45, 7) is 1.83. The van der Waals surface area contributed by atoms with Gasteiger partial charge in [0, 0.05) is 18.5 Å². The number of carboxylic acids is 1. The second-order valence-electron chi connectivity index (χ2n) is 5.37. The Morgan fingerprint density at radius 1 is 1.38 bits per heavy atom. The Morgan fingerprint density at radius 3 is 2.67 bits per heavy atom. The lowest BCUT2D eigenvalue weighted by Crippen LogP contribution is -2.27. The zero-order valence-corrected chi connectivity index (χ0v) is 12.7. The van der Waals surface area contributed by atoms with Crippen LogP contribution in [-0.4, -0.2) is 31.6 Å². The maximum absolute atomic E-state index is 12.3. The Morgan fingerprint density at radius 2 is 2.05 bits per heavy atom. The van der Waals surface area contributed by atoms with Crippen molar-refractivity contribution in [3.05, 3.63) is 24.3 Å². The molecule has 21 heavy (non-hydrogen) atoms. The summed E-state index contributed by atoms with van der Waals surface area (Å²) in [6, 6.07) is 6.60. The molecule has 0 aliphatic heterocycles. The highest BCUT2D eigenvalue weighted by molar-refractivity contribution is 7.89. The lowest BCUT2D eigenvalue weighted by Gasteiger charge is -2.17.